The Morgan fingerprint density at radius 3 is 1.86 bits per heavy atom. The van der Waals surface area contributed by atoms with Crippen LogP contribution in [0.2, 0.25) is 0 Å². The van der Waals surface area contributed by atoms with Gasteiger partial charge in [0.1, 0.15) is 0 Å². The first-order valence-corrected chi connectivity index (χ1v) is 7.63. The van der Waals surface area contributed by atoms with E-state index in [1.807, 2.05) is 6.07 Å². The first kappa shape index (κ1) is 15.1. The van der Waals surface area contributed by atoms with Crippen molar-refractivity contribution in [3.8, 4) is 0 Å². The molecule has 22 heavy (non-hydrogen) atoms. The maximum Gasteiger partial charge on any atom is 0.159 e. The molecule has 0 amide bonds. The van der Waals surface area contributed by atoms with Crippen molar-refractivity contribution < 1.29 is 8.78 Å². The second-order valence-electron chi connectivity index (χ2n) is 5.79. The number of hydrogen-bond donors (Lipinski definition) is 0. The summed E-state index contributed by atoms with van der Waals surface area (Å²) in [5.41, 5.74) is 2.16. The molecular weight excluding hydrogens is 282 g/mol. The summed E-state index contributed by atoms with van der Waals surface area (Å²) in [7, 11) is 0. The average Bonchev–Trinajstić information content (AvgIpc) is 2.54. The Labute approximate surface area is 130 Å². The fraction of sp³-hybridized carbons (Fsp3) is 0.333. The van der Waals surface area contributed by atoms with E-state index in [1.165, 1.54) is 17.7 Å². The van der Waals surface area contributed by atoms with Crippen molar-refractivity contribution in [2.75, 3.05) is 26.2 Å². The molecule has 2 aromatic carbocycles. The zero-order valence-electron chi connectivity index (χ0n) is 12.5. The number of halogens is 2. The second-order valence-corrected chi connectivity index (χ2v) is 5.79. The van der Waals surface area contributed by atoms with Gasteiger partial charge in [0.05, 0.1) is 0 Å². The van der Waals surface area contributed by atoms with E-state index in [4.69, 9.17) is 0 Å². The van der Waals surface area contributed by atoms with Gasteiger partial charge in [-0.15, -0.1) is 0 Å². The van der Waals surface area contributed by atoms with E-state index in [0.717, 1.165) is 38.3 Å². The van der Waals surface area contributed by atoms with E-state index in [2.05, 4.69) is 34.1 Å². The van der Waals surface area contributed by atoms with Crippen LogP contribution in [0.3, 0.4) is 0 Å². The molecular formula is C18H20F2N2. The van der Waals surface area contributed by atoms with Gasteiger partial charge in [-0.2, -0.15) is 0 Å². The quantitative estimate of drug-likeness (QED) is 0.855. The van der Waals surface area contributed by atoms with Crippen LogP contribution >= 0.6 is 0 Å². The number of piperazine rings is 1. The van der Waals surface area contributed by atoms with Gasteiger partial charge in [-0.25, -0.2) is 8.78 Å². The molecule has 0 aromatic heterocycles. The first-order valence-electron chi connectivity index (χ1n) is 7.63. The van der Waals surface area contributed by atoms with Crippen LogP contribution in [0.25, 0.3) is 0 Å². The smallest absolute Gasteiger partial charge is 0.159 e. The third-order valence-electron chi connectivity index (χ3n) is 4.10. The van der Waals surface area contributed by atoms with Crippen LogP contribution in [0.1, 0.15) is 11.1 Å². The summed E-state index contributed by atoms with van der Waals surface area (Å²) in [4.78, 5) is 4.71. The molecule has 1 saturated heterocycles. The Morgan fingerprint density at radius 1 is 0.682 bits per heavy atom. The molecule has 4 heteroatoms. The van der Waals surface area contributed by atoms with Crippen LogP contribution in [-0.4, -0.2) is 36.0 Å². The minimum atomic E-state index is -0.781. The molecule has 0 atom stereocenters. The molecule has 0 saturated carbocycles. The number of benzene rings is 2. The predicted octanol–water partition coefficient (Wildman–Crippen LogP) is 3.28. The molecule has 0 aliphatic carbocycles. The van der Waals surface area contributed by atoms with Crippen molar-refractivity contribution in [1.82, 2.24) is 9.80 Å². The van der Waals surface area contributed by atoms with E-state index in [0.29, 0.717) is 6.54 Å². The maximum absolute atomic E-state index is 13.2. The van der Waals surface area contributed by atoms with Gasteiger partial charge >= 0.3 is 0 Å². The summed E-state index contributed by atoms with van der Waals surface area (Å²) in [6, 6.07) is 14.6. The molecule has 3 rings (SSSR count). The highest BCUT2D eigenvalue weighted by Crippen LogP contribution is 2.14. The Kier molecular flexibility index (Phi) is 4.80. The second kappa shape index (κ2) is 6.99. The van der Waals surface area contributed by atoms with Gasteiger partial charge in [0.25, 0.3) is 0 Å². The van der Waals surface area contributed by atoms with Crippen molar-refractivity contribution in [2.24, 2.45) is 0 Å². The predicted molar refractivity (Wildman–Crippen MR) is 83.4 cm³/mol. The van der Waals surface area contributed by atoms with E-state index >= 15 is 0 Å². The lowest BCUT2D eigenvalue weighted by Gasteiger charge is -2.34. The van der Waals surface area contributed by atoms with E-state index in [1.54, 1.807) is 6.07 Å². The van der Waals surface area contributed by atoms with Crippen molar-refractivity contribution in [3.63, 3.8) is 0 Å². The van der Waals surface area contributed by atoms with Crippen LogP contribution in [0.5, 0.6) is 0 Å². The normalized spacial score (nSPS) is 16.8. The molecule has 1 heterocycles. The summed E-state index contributed by atoms with van der Waals surface area (Å²) in [6.45, 7) is 5.55. The van der Waals surface area contributed by atoms with Crippen LogP contribution in [0.15, 0.2) is 48.5 Å². The van der Waals surface area contributed by atoms with Crippen molar-refractivity contribution in [2.45, 2.75) is 13.1 Å². The van der Waals surface area contributed by atoms with E-state index < -0.39 is 11.6 Å². The van der Waals surface area contributed by atoms with E-state index in [9.17, 15) is 8.78 Å². The van der Waals surface area contributed by atoms with Gasteiger partial charge in [0.2, 0.25) is 0 Å². The summed E-state index contributed by atoms with van der Waals surface area (Å²) >= 11 is 0. The first-order chi connectivity index (χ1) is 10.7. The summed E-state index contributed by atoms with van der Waals surface area (Å²) in [5.74, 6) is -1.54. The highest BCUT2D eigenvalue weighted by molar-refractivity contribution is 5.18. The molecule has 2 nitrogen and oxygen atoms in total. The maximum atomic E-state index is 13.2. The molecule has 1 aliphatic heterocycles. The Hall–Kier alpha value is -1.78. The number of hydrogen-bond acceptors (Lipinski definition) is 2. The average molecular weight is 302 g/mol. The standard InChI is InChI=1S/C18H20F2N2/c19-17-7-6-16(12-18(17)20)14-22-10-8-21(9-11-22)13-15-4-2-1-3-5-15/h1-7,12H,8-11,13-14H2. The summed E-state index contributed by atoms with van der Waals surface area (Å²) in [5, 5.41) is 0. The largest absolute Gasteiger partial charge is 0.297 e. The van der Waals surface area contributed by atoms with Crippen molar-refractivity contribution in [1.29, 1.82) is 0 Å². The Balaban J connectivity index is 1.50. The van der Waals surface area contributed by atoms with Crippen molar-refractivity contribution in [3.05, 3.63) is 71.3 Å². The molecule has 0 bridgehead atoms. The van der Waals surface area contributed by atoms with Gasteiger partial charge in [-0.3, -0.25) is 9.80 Å². The zero-order chi connectivity index (χ0) is 15.4. The minimum Gasteiger partial charge on any atom is -0.297 e. The monoisotopic (exact) mass is 302 g/mol. The van der Waals surface area contributed by atoms with Crippen LogP contribution in [0, 0.1) is 11.6 Å². The molecule has 0 radical (unpaired) electrons. The molecule has 116 valence electrons. The van der Waals surface area contributed by atoms with Gasteiger partial charge < -0.3 is 0 Å². The Bertz CT molecular complexity index is 608. The summed E-state index contributed by atoms with van der Waals surface area (Å²) in [6.07, 6.45) is 0. The zero-order valence-corrected chi connectivity index (χ0v) is 12.5. The highest BCUT2D eigenvalue weighted by Gasteiger charge is 2.17. The lowest BCUT2D eigenvalue weighted by Crippen LogP contribution is -2.45. The minimum absolute atomic E-state index is 0.677. The van der Waals surface area contributed by atoms with Crippen molar-refractivity contribution >= 4 is 0 Å². The van der Waals surface area contributed by atoms with Gasteiger partial charge in [0, 0.05) is 39.3 Å². The third-order valence-corrected chi connectivity index (χ3v) is 4.10. The third kappa shape index (κ3) is 3.90. The Morgan fingerprint density at radius 2 is 1.27 bits per heavy atom. The van der Waals surface area contributed by atoms with E-state index in [-0.39, 0.29) is 0 Å². The lowest BCUT2D eigenvalue weighted by molar-refractivity contribution is 0.122. The molecule has 0 spiro atoms. The fourth-order valence-corrected chi connectivity index (χ4v) is 2.84. The van der Waals surface area contributed by atoms with Gasteiger partial charge in [-0.1, -0.05) is 36.4 Å². The molecule has 1 fully saturated rings. The SMILES string of the molecule is Fc1ccc(CN2CCN(Cc3ccccc3)CC2)cc1F. The number of nitrogens with zero attached hydrogens (tertiary/aromatic N) is 2. The molecule has 0 unspecified atom stereocenters. The number of rotatable bonds is 4. The molecule has 1 aliphatic rings. The van der Waals surface area contributed by atoms with Crippen LogP contribution < -0.4 is 0 Å². The molecule has 0 N–H and O–H groups in total. The molecule has 2 aromatic rings. The lowest BCUT2D eigenvalue weighted by atomic mass is 10.1. The van der Waals surface area contributed by atoms with Crippen LogP contribution in [-0.2, 0) is 13.1 Å². The topological polar surface area (TPSA) is 6.48 Å². The highest BCUT2D eigenvalue weighted by atomic mass is 19.2. The van der Waals surface area contributed by atoms with Gasteiger partial charge in [0.15, 0.2) is 11.6 Å². The fourth-order valence-electron chi connectivity index (χ4n) is 2.84. The van der Waals surface area contributed by atoms with Crippen LogP contribution in [0.4, 0.5) is 8.78 Å². The summed E-state index contributed by atoms with van der Waals surface area (Å²) < 4.78 is 26.2. The van der Waals surface area contributed by atoms with Gasteiger partial charge in [-0.05, 0) is 23.3 Å².